The van der Waals surface area contributed by atoms with Crippen molar-refractivity contribution in [3.8, 4) is 11.3 Å². The molecule has 0 aliphatic heterocycles. The van der Waals surface area contributed by atoms with Crippen LogP contribution in [0.3, 0.4) is 0 Å². The first kappa shape index (κ1) is 19.4. The molecule has 1 aromatic carbocycles. The lowest BCUT2D eigenvalue weighted by Crippen LogP contribution is -2.29. The highest BCUT2D eigenvalue weighted by atomic mass is 19.1. The smallest absolute Gasteiger partial charge is 0.251 e. The Morgan fingerprint density at radius 1 is 1.17 bits per heavy atom. The average molecular weight is 395 g/mol. The van der Waals surface area contributed by atoms with Crippen LogP contribution in [0.2, 0.25) is 0 Å². The van der Waals surface area contributed by atoms with E-state index in [0.29, 0.717) is 30.3 Å². The first-order valence-electron chi connectivity index (χ1n) is 10.2. The van der Waals surface area contributed by atoms with Crippen LogP contribution in [-0.4, -0.2) is 34.4 Å². The number of nitrogens with one attached hydrogen (secondary N) is 2. The van der Waals surface area contributed by atoms with Gasteiger partial charge in [0.05, 0.1) is 0 Å². The van der Waals surface area contributed by atoms with Crippen LogP contribution in [0.5, 0.6) is 0 Å². The summed E-state index contributed by atoms with van der Waals surface area (Å²) in [7, 11) is 0. The Morgan fingerprint density at radius 3 is 2.66 bits per heavy atom. The largest absolute Gasteiger partial charge is 0.367 e. The van der Waals surface area contributed by atoms with Crippen molar-refractivity contribution < 1.29 is 9.18 Å². The van der Waals surface area contributed by atoms with Gasteiger partial charge in [-0.05, 0) is 49.2 Å². The fourth-order valence-corrected chi connectivity index (χ4v) is 3.86. The highest BCUT2D eigenvalue weighted by Gasteiger charge is 2.20. The maximum Gasteiger partial charge on any atom is 0.251 e. The number of amides is 1. The van der Waals surface area contributed by atoms with Crippen LogP contribution in [0.4, 0.5) is 10.2 Å². The second-order valence-electron chi connectivity index (χ2n) is 7.48. The fraction of sp³-hybridized carbons (Fsp3) is 0.364. The fourth-order valence-electron chi connectivity index (χ4n) is 3.86. The molecule has 4 N–H and O–H groups in total. The average Bonchev–Trinajstić information content (AvgIpc) is 3.11. The molecule has 0 radical (unpaired) electrons. The maximum absolute atomic E-state index is 13.4. The number of benzene rings is 1. The molecule has 7 heteroatoms. The van der Waals surface area contributed by atoms with Gasteiger partial charge in [0.1, 0.15) is 23.0 Å². The SMILES string of the molecule is NCCNC(=O)c1ccn2c(NC3CCCCC3)c(-c3ccc(F)cc3)nc2c1. The van der Waals surface area contributed by atoms with E-state index in [1.165, 1.54) is 31.4 Å². The monoisotopic (exact) mass is 395 g/mol. The number of carbonyl (C=O) groups excluding carboxylic acids is 1. The van der Waals surface area contributed by atoms with Crippen LogP contribution in [0.15, 0.2) is 42.6 Å². The van der Waals surface area contributed by atoms with Crippen LogP contribution in [0.25, 0.3) is 16.9 Å². The Morgan fingerprint density at radius 2 is 1.93 bits per heavy atom. The van der Waals surface area contributed by atoms with Crippen molar-refractivity contribution in [3.05, 3.63) is 54.0 Å². The van der Waals surface area contributed by atoms with E-state index in [0.717, 1.165) is 29.9 Å². The van der Waals surface area contributed by atoms with Gasteiger partial charge < -0.3 is 16.4 Å². The van der Waals surface area contributed by atoms with E-state index < -0.39 is 0 Å². The van der Waals surface area contributed by atoms with Gasteiger partial charge in [-0.25, -0.2) is 9.37 Å². The Kier molecular flexibility index (Phi) is 5.76. The van der Waals surface area contributed by atoms with Crippen molar-refractivity contribution in [2.75, 3.05) is 18.4 Å². The molecule has 1 saturated carbocycles. The third-order valence-corrected chi connectivity index (χ3v) is 5.38. The predicted molar refractivity (Wildman–Crippen MR) is 112 cm³/mol. The van der Waals surface area contributed by atoms with Crippen LogP contribution in [-0.2, 0) is 0 Å². The van der Waals surface area contributed by atoms with Crippen LogP contribution in [0, 0.1) is 5.82 Å². The molecular formula is C22H26FN5O. The molecule has 0 spiro atoms. The third kappa shape index (κ3) is 4.24. The van der Waals surface area contributed by atoms with Gasteiger partial charge in [0.25, 0.3) is 5.91 Å². The van der Waals surface area contributed by atoms with E-state index in [4.69, 9.17) is 10.7 Å². The number of pyridine rings is 1. The minimum atomic E-state index is -0.279. The van der Waals surface area contributed by atoms with Crippen molar-refractivity contribution in [2.24, 2.45) is 5.73 Å². The lowest BCUT2D eigenvalue weighted by molar-refractivity contribution is 0.0954. The van der Waals surface area contributed by atoms with Gasteiger partial charge in [0, 0.05) is 36.5 Å². The van der Waals surface area contributed by atoms with Crippen LogP contribution in [0.1, 0.15) is 42.5 Å². The molecule has 29 heavy (non-hydrogen) atoms. The molecule has 6 nitrogen and oxygen atoms in total. The highest BCUT2D eigenvalue weighted by Crippen LogP contribution is 2.32. The summed E-state index contributed by atoms with van der Waals surface area (Å²) in [4.78, 5) is 17.1. The van der Waals surface area contributed by atoms with Gasteiger partial charge in [-0.15, -0.1) is 0 Å². The molecule has 3 aromatic rings. The van der Waals surface area contributed by atoms with Crippen molar-refractivity contribution in [1.82, 2.24) is 14.7 Å². The zero-order chi connectivity index (χ0) is 20.2. The van der Waals surface area contributed by atoms with E-state index in [1.807, 2.05) is 10.6 Å². The zero-order valence-electron chi connectivity index (χ0n) is 16.3. The number of halogens is 1. The number of anilines is 1. The van der Waals surface area contributed by atoms with E-state index in [2.05, 4.69) is 10.6 Å². The number of hydrogen-bond donors (Lipinski definition) is 3. The molecule has 4 rings (SSSR count). The number of nitrogens with two attached hydrogens (primary N) is 1. The molecule has 2 aromatic heterocycles. The number of aromatic nitrogens is 2. The summed E-state index contributed by atoms with van der Waals surface area (Å²) in [5.74, 6) is 0.427. The Balaban J connectivity index is 1.74. The molecule has 0 bridgehead atoms. The summed E-state index contributed by atoms with van der Waals surface area (Å²) in [5, 5.41) is 6.44. The molecular weight excluding hydrogens is 369 g/mol. The van der Waals surface area contributed by atoms with Gasteiger partial charge in [0.15, 0.2) is 0 Å². The maximum atomic E-state index is 13.4. The summed E-state index contributed by atoms with van der Waals surface area (Å²) < 4.78 is 15.4. The molecule has 1 fully saturated rings. The Hall–Kier alpha value is -2.93. The lowest BCUT2D eigenvalue weighted by atomic mass is 9.95. The molecule has 0 unspecified atom stereocenters. The molecule has 2 heterocycles. The Labute approximate surface area is 169 Å². The summed E-state index contributed by atoms with van der Waals surface area (Å²) in [6.07, 6.45) is 7.80. The highest BCUT2D eigenvalue weighted by molar-refractivity contribution is 5.95. The van der Waals surface area contributed by atoms with E-state index in [-0.39, 0.29) is 11.7 Å². The summed E-state index contributed by atoms with van der Waals surface area (Å²) in [6, 6.07) is 10.3. The standard InChI is InChI=1S/C22H26FN5O/c23-17-8-6-15(7-9-17)20-21(26-18-4-2-1-3-5-18)28-13-10-16(14-19(28)27-20)22(29)25-12-11-24/h6-10,13-14,18,26H,1-5,11-12,24H2,(H,25,29). The number of fused-ring (bicyclic) bond motifs is 1. The predicted octanol–water partition coefficient (Wildman–Crippen LogP) is 3.57. The third-order valence-electron chi connectivity index (χ3n) is 5.38. The van der Waals surface area contributed by atoms with Gasteiger partial charge in [-0.2, -0.15) is 0 Å². The van der Waals surface area contributed by atoms with Crippen molar-refractivity contribution in [1.29, 1.82) is 0 Å². The summed E-state index contributed by atoms with van der Waals surface area (Å²) in [5.41, 5.74) is 8.26. The number of carbonyl (C=O) groups is 1. The van der Waals surface area contributed by atoms with Crippen molar-refractivity contribution >= 4 is 17.4 Å². The van der Waals surface area contributed by atoms with E-state index >= 15 is 0 Å². The summed E-state index contributed by atoms with van der Waals surface area (Å²) >= 11 is 0. The molecule has 1 aliphatic rings. The first-order chi connectivity index (χ1) is 14.2. The van der Waals surface area contributed by atoms with Crippen LogP contribution >= 0.6 is 0 Å². The van der Waals surface area contributed by atoms with Crippen LogP contribution < -0.4 is 16.4 Å². The molecule has 0 saturated heterocycles. The van der Waals surface area contributed by atoms with E-state index in [9.17, 15) is 9.18 Å². The minimum Gasteiger partial charge on any atom is -0.367 e. The number of imidazole rings is 1. The van der Waals surface area contributed by atoms with Gasteiger partial charge in [-0.3, -0.25) is 9.20 Å². The second kappa shape index (κ2) is 8.61. The van der Waals surface area contributed by atoms with Gasteiger partial charge in [0.2, 0.25) is 0 Å². The van der Waals surface area contributed by atoms with Crippen molar-refractivity contribution in [2.45, 2.75) is 38.1 Å². The quantitative estimate of drug-likeness (QED) is 0.596. The molecule has 152 valence electrons. The molecule has 1 amide bonds. The number of hydrogen-bond acceptors (Lipinski definition) is 4. The number of nitrogens with zero attached hydrogens (tertiary/aromatic N) is 2. The van der Waals surface area contributed by atoms with Gasteiger partial charge >= 0.3 is 0 Å². The zero-order valence-corrected chi connectivity index (χ0v) is 16.3. The topological polar surface area (TPSA) is 84.5 Å². The summed E-state index contributed by atoms with van der Waals surface area (Å²) in [6.45, 7) is 0.815. The number of rotatable bonds is 6. The minimum absolute atomic E-state index is 0.175. The lowest BCUT2D eigenvalue weighted by Gasteiger charge is -2.24. The van der Waals surface area contributed by atoms with Crippen molar-refractivity contribution in [3.63, 3.8) is 0 Å². The Bertz CT molecular complexity index is 992. The molecule has 1 aliphatic carbocycles. The molecule has 0 atom stereocenters. The normalized spacial score (nSPS) is 14.8. The first-order valence-corrected chi connectivity index (χ1v) is 10.2. The van der Waals surface area contributed by atoms with E-state index in [1.54, 1.807) is 24.3 Å². The van der Waals surface area contributed by atoms with Gasteiger partial charge in [-0.1, -0.05) is 19.3 Å². The second-order valence-corrected chi connectivity index (χ2v) is 7.48.